The number of hydrogen-bond donors (Lipinski definition) is 1. The molecule has 3 rings (SSSR count). The fraction of sp³-hybridized carbons (Fsp3) is 0.304. The number of benzene rings is 2. The summed E-state index contributed by atoms with van der Waals surface area (Å²) in [6.07, 6.45) is 0.594. The first kappa shape index (κ1) is 22.2. The zero-order chi connectivity index (χ0) is 22.4. The molecule has 8 heteroatoms. The van der Waals surface area contributed by atoms with E-state index >= 15 is 0 Å². The van der Waals surface area contributed by atoms with Crippen LogP contribution in [0, 0.1) is 13.8 Å². The molecule has 0 aliphatic rings. The summed E-state index contributed by atoms with van der Waals surface area (Å²) in [7, 11) is 1.57. The van der Waals surface area contributed by atoms with Crippen molar-refractivity contribution in [1.29, 1.82) is 0 Å². The smallest absolute Gasteiger partial charge is 0.352 e. The number of amides is 1. The molecule has 0 radical (unpaired) electrons. The highest BCUT2D eigenvalue weighted by Crippen LogP contribution is 2.09. The lowest BCUT2D eigenvalue weighted by Gasteiger charge is -2.13. The number of aryl methyl sites for hydroxylation is 2. The van der Waals surface area contributed by atoms with Gasteiger partial charge in [0.15, 0.2) is 0 Å². The van der Waals surface area contributed by atoms with Crippen LogP contribution in [0.2, 0.25) is 0 Å². The van der Waals surface area contributed by atoms with Gasteiger partial charge in [0.2, 0.25) is 5.69 Å². The van der Waals surface area contributed by atoms with Crippen molar-refractivity contribution in [2.24, 2.45) is 0 Å². The Hall–Kier alpha value is -3.52. The van der Waals surface area contributed by atoms with Crippen LogP contribution in [0.5, 0.6) is 0 Å². The summed E-state index contributed by atoms with van der Waals surface area (Å²) < 4.78 is 7.14. The van der Waals surface area contributed by atoms with Gasteiger partial charge in [0.05, 0.1) is 12.2 Å². The van der Waals surface area contributed by atoms with E-state index in [1.54, 1.807) is 25.3 Å². The van der Waals surface area contributed by atoms with E-state index in [2.05, 4.69) is 10.4 Å². The summed E-state index contributed by atoms with van der Waals surface area (Å²) in [4.78, 5) is 39.0. The second-order valence-corrected chi connectivity index (χ2v) is 7.30. The highest BCUT2D eigenvalue weighted by molar-refractivity contribution is 5.91. The number of ether oxygens (including phenoxy) is 1. The zero-order valence-corrected chi connectivity index (χ0v) is 17.9. The van der Waals surface area contributed by atoms with Crippen LogP contribution in [0.25, 0.3) is 5.69 Å². The maximum absolute atomic E-state index is 13.2. The molecule has 0 fully saturated rings. The minimum Gasteiger partial charge on any atom is -0.385 e. The average molecular weight is 422 g/mol. The lowest BCUT2D eigenvalue weighted by Crippen LogP contribution is -2.46. The highest BCUT2D eigenvalue weighted by atomic mass is 16.5. The van der Waals surface area contributed by atoms with Crippen LogP contribution in [-0.2, 0) is 11.3 Å². The minimum absolute atomic E-state index is 0.0443. The number of aromatic nitrogens is 3. The van der Waals surface area contributed by atoms with Crippen molar-refractivity contribution in [2.75, 3.05) is 20.3 Å². The Labute approximate surface area is 180 Å². The van der Waals surface area contributed by atoms with Crippen LogP contribution in [0.15, 0.2) is 58.1 Å². The number of hydrogen-bond acceptors (Lipinski definition) is 5. The molecule has 31 heavy (non-hydrogen) atoms. The lowest BCUT2D eigenvalue weighted by atomic mass is 10.1. The summed E-state index contributed by atoms with van der Waals surface area (Å²) in [5.74, 6) is -0.624. The largest absolute Gasteiger partial charge is 0.385 e. The summed E-state index contributed by atoms with van der Waals surface area (Å²) >= 11 is 0. The van der Waals surface area contributed by atoms with Crippen LogP contribution >= 0.6 is 0 Å². The quantitative estimate of drug-likeness (QED) is 0.559. The van der Waals surface area contributed by atoms with Crippen LogP contribution in [0.4, 0.5) is 0 Å². The number of carbonyl (C=O) groups excluding carboxylic acids is 1. The topological polar surface area (TPSA) is 95.2 Å². The summed E-state index contributed by atoms with van der Waals surface area (Å²) in [6, 6.07) is 14.7. The SMILES string of the molecule is COCCCNC(=O)c1nn(-c2cccc(C)c2)c(=O)n(Cc2ccccc2C)c1=O. The van der Waals surface area contributed by atoms with Gasteiger partial charge >= 0.3 is 5.69 Å². The lowest BCUT2D eigenvalue weighted by molar-refractivity contribution is 0.0938. The number of nitrogens with zero attached hydrogens (tertiary/aromatic N) is 3. The Bertz CT molecular complexity index is 1200. The molecule has 3 aromatic rings. The Morgan fingerprint density at radius 3 is 2.58 bits per heavy atom. The predicted molar refractivity (Wildman–Crippen MR) is 118 cm³/mol. The van der Waals surface area contributed by atoms with E-state index in [1.807, 2.05) is 44.2 Å². The summed E-state index contributed by atoms with van der Waals surface area (Å²) in [5, 5.41) is 6.81. The Balaban J connectivity index is 2.11. The molecule has 0 atom stereocenters. The Kier molecular flexibility index (Phi) is 7.15. The van der Waals surface area contributed by atoms with Crippen molar-refractivity contribution in [2.45, 2.75) is 26.8 Å². The van der Waals surface area contributed by atoms with Gasteiger partial charge in [-0.05, 0) is 49.1 Å². The molecule has 0 unspecified atom stereocenters. The van der Waals surface area contributed by atoms with Gasteiger partial charge in [-0.25, -0.2) is 4.79 Å². The average Bonchev–Trinajstić information content (AvgIpc) is 2.75. The Morgan fingerprint density at radius 2 is 1.87 bits per heavy atom. The van der Waals surface area contributed by atoms with Gasteiger partial charge in [0.25, 0.3) is 11.5 Å². The van der Waals surface area contributed by atoms with Crippen molar-refractivity contribution >= 4 is 5.91 Å². The third kappa shape index (κ3) is 5.16. The molecule has 1 heterocycles. The molecule has 0 saturated heterocycles. The minimum atomic E-state index is -0.721. The van der Waals surface area contributed by atoms with E-state index in [0.717, 1.165) is 25.9 Å². The van der Waals surface area contributed by atoms with Gasteiger partial charge in [-0.3, -0.25) is 14.2 Å². The molecule has 8 nitrogen and oxygen atoms in total. The van der Waals surface area contributed by atoms with E-state index in [1.165, 1.54) is 0 Å². The van der Waals surface area contributed by atoms with Gasteiger partial charge in [-0.2, -0.15) is 9.78 Å². The fourth-order valence-corrected chi connectivity index (χ4v) is 3.18. The third-order valence-electron chi connectivity index (χ3n) is 4.92. The van der Waals surface area contributed by atoms with E-state index in [9.17, 15) is 14.4 Å². The molecule has 2 aromatic carbocycles. The van der Waals surface area contributed by atoms with Crippen LogP contribution in [-0.4, -0.2) is 40.5 Å². The molecule has 1 aromatic heterocycles. The molecule has 0 aliphatic carbocycles. The van der Waals surface area contributed by atoms with E-state index in [-0.39, 0.29) is 12.2 Å². The molecule has 0 aliphatic heterocycles. The normalized spacial score (nSPS) is 10.8. The van der Waals surface area contributed by atoms with Crippen molar-refractivity contribution in [3.8, 4) is 5.69 Å². The standard InChI is InChI=1S/C23H26N4O4/c1-16-8-6-11-19(14-16)27-23(30)26(15-18-10-5-4-9-17(18)2)22(29)20(25-27)21(28)24-12-7-13-31-3/h4-6,8-11,14H,7,12-13,15H2,1-3H3,(H,24,28). The van der Waals surface area contributed by atoms with Crippen molar-refractivity contribution in [3.05, 3.63) is 91.8 Å². The fourth-order valence-electron chi connectivity index (χ4n) is 3.18. The molecule has 0 spiro atoms. The van der Waals surface area contributed by atoms with Crippen LogP contribution in [0.1, 0.15) is 33.6 Å². The number of rotatable bonds is 8. The van der Waals surface area contributed by atoms with Crippen LogP contribution < -0.4 is 16.6 Å². The van der Waals surface area contributed by atoms with Crippen molar-refractivity contribution < 1.29 is 9.53 Å². The van der Waals surface area contributed by atoms with Crippen molar-refractivity contribution in [1.82, 2.24) is 19.7 Å². The first-order valence-corrected chi connectivity index (χ1v) is 10.0. The predicted octanol–water partition coefficient (Wildman–Crippen LogP) is 1.83. The molecular formula is C23H26N4O4. The molecular weight excluding hydrogens is 396 g/mol. The number of methoxy groups -OCH3 is 1. The maximum atomic E-state index is 13.2. The van der Waals surface area contributed by atoms with E-state index < -0.39 is 17.2 Å². The Morgan fingerprint density at radius 1 is 1.10 bits per heavy atom. The van der Waals surface area contributed by atoms with Gasteiger partial charge < -0.3 is 10.1 Å². The van der Waals surface area contributed by atoms with Crippen LogP contribution in [0.3, 0.4) is 0 Å². The third-order valence-corrected chi connectivity index (χ3v) is 4.92. The molecule has 0 saturated carbocycles. The maximum Gasteiger partial charge on any atom is 0.352 e. The van der Waals surface area contributed by atoms with E-state index in [4.69, 9.17) is 4.74 Å². The second-order valence-electron chi connectivity index (χ2n) is 7.30. The first-order valence-electron chi connectivity index (χ1n) is 10.0. The summed E-state index contributed by atoms with van der Waals surface area (Å²) in [5.41, 5.74) is 1.52. The highest BCUT2D eigenvalue weighted by Gasteiger charge is 2.20. The number of carbonyl (C=O) groups is 1. The zero-order valence-electron chi connectivity index (χ0n) is 17.9. The molecule has 1 amide bonds. The van der Waals surface area contributed by atoms with Crippen molar-refractivity contribution in [3.63, 3.8) is 0 Å². The molecule has 1 N–H and O–H groups in total. The molecule has 162 valence electrons. The van der Waals surface area contributed by atoms with Gasteiger partial charge in [-0.15, -0.1) is 0 Å². The van der Waals surface area contributed by atoms with Gasteiger partial charge in [0.1, 0.15) is 0 Å². The first-order chi connectivity index (χ1) is 14.9. The van der Waals surface area contributed by atoms with Gasteiger partial charge in [0, 0.05) is 20.3 Å². The van der Waals surface area contributed by atoms with Gasteiger partial charge in [-0.1, -0.05) is 36.4 Å². The molecule has 0 bridgehead atoms. The summed E-state index contributed by atoms with van der Waals surface area (Å²) in [6.45, 7) is 4.65. The van der Waals surface area contributed by atoms with E-state index in [0.29, 0.717) is 25.3 Å². The second kappa shape index (κ2) is 9.99. The monoisotopic (exact) mass is 422 g/mol. The number of nitrogens with one attached hydrogen (secondary N) is 1.